The Balaban J connectivity index is 1.81. The second kappa shape index (κ2) is 6.83. The molecule has 128 valence electrons. The number of halogens is 1. The first-order chi connectivity index (χ1) is 11.6. The Hall–Kier alpha value is -2.05. The summed E-state index contributed by atoms with van der Waals surface area (Å²) < 4.78 is 16.1. The molecule has 0 spiro atoms. The summed E-state index contributed by atoms with van der Waals surface area (Å²) in [4.78, 5) is 4.36. The zero-order chi connectivity index (χ0) is 17.2. The Bertz CT molecular complexity index is 754. The van der Waals surface area contributed by atoms with Gasteiger partial charge in [0.1, 0.15) is 0 Å². The van der Waals surface area contributed by atoms with Crippen LogP contribution in [0.15, 0.2) is 16.7 Å². The summed E-state index contributed by atoms with van der Waals surface area (Å²) in [7, 11) is 1.56. The van der Waals surface area contributed by atoms with Gasteiger partial charge in [-0.3, -0.25) is 0 Å². The second-order valence-corrected chi connectivity index (χ2v) is 6.17. The summed E-state index contributed by atoms with van der Waals surface area (Å²) in [6.07, 6.45) is 6.44. The van der Waals surface area contributed by atoms with Crippen molar-refractivity contribution in [3.63, 3.8) is 0 Å². The average Bonchev–Trinajstić information content (AvgIpc) is 3.00. The number of ether oxygens (including phenoxy) is 2. The van der Waals surface area contributed by atoms with Crippen LogP contribution in [0, 0.1) is 0 Å². The van der Waals surface area contributed by atoms with Crippen LogP contribution in [0.3, 0.4) is 0 Å². The zero-order valence-electron chi connectivity index (χ0n) is 13.7. The third-order valence-electron chi connectivity index (χ3n) is 4.09. The van der Waals surface area contributed by atoms with Gasteiger partial charge < -0.3 is 19.7 Å². The molecule has 0 aliphatic heterocycles. The number of methoxy groups -OCH3 is 1. The van der Waals surface area contributed by atoms with E-state index in [4.69, 9.17) is 31.3 Å². The van der Waals surface area contributed by atoms with Gasteiger partial charge in [-0.2, -0.15) is 4.98 Å². The zero-order valence-corrected chi connectivity index (χ0v) is 14.5. The van der Waals surface area contributed by atoms with Gasteiger partial charge in [0.15, 0.2) is 17.3 Å². The summed E-state index contributed by atoms with van der Waals surface area (Å²) in [6.45, 7) is 2.42. The Morgan fingerprint density at radius 3 is 2.79 bits per heavy atom. The molecule has 2 aromatic rings. The van der Waals surface area contributed by atoms with Gasteiger partial charge in [0.05, 0.1) is 24.3 Å². The number of nitrogens with two attached hydrogens (primary N) is 1. The molecule has 0 bridgehead atoms. The molecule has 0 radical (unpaired) electrons. The number of benzene rings is 1. The molecule has 1 fully saturated rings. The number of rotatable bonds is 6. The lowest BCUT2D eigenvalue weighted by Gasteiger charge is -2.34. The largest absolute Gasteiger partial charge is 0.491 e. The van der Waals surface area contributed by atoms with E-state index < -0.39 is 5.54 Å². The normalized spacial score (nSPS) is 16.2. The van der Waals surface area contributed by atoms with Crippen molar-refractivity contribution >= 4 is 23.8 Å². The van der Waals surface area contributed by atoms with Gasteiger partial charge in [0.25, 0.3) is 5.89 Å². The van der Waals surface area contributed by atoms with Crippen molar-refractivity contribution in [2.75, 3.05) is 13.7 Å². The fourth-order valence-electron chi connectivity index (χ4n) is 2.60. The molecule has 1 aromatic heterocycles. The van der Waals surface area contributed by atoms with Crippen molar-refractivity contribution in [2.45, 2.75) is 31.7 Å². The van der Waals surface area contributed by atoms with Crippen LogP contribution >= 0.6 is 11.6 Å². The minimum Gasteiger partial charge on any atom is -0.491 e. The van der Waals surface area contributed by atoms with Crippen molar-refractivity contribution in [1.29, 1.82) is 0 Å². The minimum atomic E-state index is -0.429. The first kappa shape index (κ1) is 16.8. The topological polar surface area (TPSA) is 83.4 Å². The van der Waals surface area contributed by atoms with Crippen molar-refractivity contribution in [3.05, 3.63) is 34.4 Å². The highest BCUT2D eigenvalue weighted by Crippen LogP contribution is 2.38. The maximum Gasteiger partial charge on any atom is 0.250 e. The van der Waals surface area contributed by atoms with E-state index >= 15 is 0 Å². The van der Waals surface area contributed by atoms with Crippen LogP contribution < -0.4 is 15.2 Å². The van der Waals surface area contributed by atoms with E-state index in [2.05, 4.69) is 10.1 Å². The average molecular weight is 350 g/mol. The fourth-order valence-corrected chi connectivity index (χ4v) is 2.90. The van der Waals surface area contributed by atoms with Crippen molar-refractivity contribution in [1.82, 2.24) is 10.1 Å². The van der Waals surface area contributed by atoms with Crippen LogP contribution in [0.5, 0.6) is 11.5 Å². The van der Waals surface area contributed by atoms with Crippen molar-refractivity contribution in [3.8, 4) is 11.5 Å². The molecule has 1 aromatic carbocycles. The summed E-state index contributed by atoms with van der Waals surface area (Å²) in [6, 6.07) is 3.63. The Morgan fingerprint density at radius 1 is 1.38 bits per heavy atom. The van der Waals surface area contributed by atoms with Crippen molar-refractivity contribution in [2.24, 2.45) is 5.73 Å². The molecule has 0 amide bonds. The van der Waals surface area contributed by atoms with Gasteiger partial charge >= 0.3 is 0 Å². The van der Waals surface area contributed by atoms with E-state index in [-0.39, 0.29) is 0 Å². The van der Waals surface area contributed by atoms with Crippen molar-refractivity contribution < 1.29 is 14.0 Å². The van der Waals surface area contributed by atoms with Crippen LogP contribution in [0.4, 0.5) is 0 Å². The van der Waals surface area contributed by atoms with E-state index in [1.54, 1.807) is 19.3 Å². The van der Waals surface area contributed by atoms with Gasteiger partial charge in [0.2, 0.25) is 0 Å². The van der Waals surface area contributed by atoms with E-state index in [1.165, 1.54) is 0 Å². The van der Waals surface area contributed by atoms with Gasteiger partial charge in [0, 0.05) is 6.08 Å². The number of hydrogen-bond donors (Lipinski definition) is 1. The number of nitrogens with zero attached hydrogens (tertiary/aromatic N) is 2. The summed E-state index contributed by atoms with van der Waals surface area (Å²) in [5.74, 6) is 2.09. The summed E-state index contributed by atoms with van der Waals surface area (Å²) in [5.41, 5.74) is 6.61. The molecule has 0 unspecified atom stereocenters. The first-order valence-electron chi connectivity index (χ1n) is 7.87. The molecular weight excluding hydrogens is 330 g/mol. The number of hydrogen-bond acceptors (Lipinski definition) is 6. The van der Waals surface area contributed by atoms with E-state index in [0.29, 0.717) is 34.8 Å². The molecule has 7 heteroatoms. The highest BCUT2D eigenvalue weighted by atomic mass is 35.5. The minimum absolute atomic E-state index is 0.409. The first-order valence-corrected chi connectivity index (χ1v) is 8.25. The number of aromatic nitrogens is 2. The summed E-state index contributed by atoms with van der Waals surface area (Å²) in [5, 5.41) is 4.46. The van der Waals surface area contributed by atoms with Crippen LogP contribution in [0.25, 0.3) is 12.2 Å². The van der Waals surface area contributed by atoms with E-state index in [9.17, 15) is 0 Å². The molecule has 1 saturated carbocycles. The molecule has 3 rings (SSSR count). The molecule has 24 heavy (non-hydrogen) atoms. The predicted molar refractivity (Wildman–Crippen MR) is 92.1 cm³/mol. The highest BCUT2D eigenvalue weighted by molar-refractivity contribution is 6.32. The molecule has 1 aliphatic carbocycles. The fraction of sp³-hybridized carbons (Fsp3) is 0.412. The SMILES string of the molecule is CCOc1cc(/C=C/c2nc(C3(N)CCC3)no2)cc(Cl)c1OC. The Kier molecular flexibility index (Phi) is 4.78. The highest BCUT2D eigenvalue weighted by Gasteiger charge is 2.38. The molecule has 2 N–H and O–H groups in total. The lowest BCUT2D eigenvalue weighted by Crippen LogP contribution is -2.44. The Labute approximate surface area is 145 Å². The predicted octanol–water partition coefficient (Wildman–Crippen LogP) is 3.64. The smallest absolute Gasteiger partial charge is 0.250 e. The van der Waals surface area contributed by atoms with Crippen LogP contribution in [-0.2, 0) is 5.54 Å². The third-order valence-corrected chi connectivity index (χ3v) is 4.37. The second-order valence-electron chi connectivity index (χ2n) is 5.77. The molecule has 1 heterocycles. The van der Waals surface area contributed by atoms with Gasteiger partial charge in [-0.05, 0) is 50.0 Å². The van der Waals surface area contributed by atoms with Gasteiger partial charge in [-0.25, -0.2) is 0 Å². The molecule has 6 nitrogen and oxygen atoms in total. The third kappa shape index (κ3) is 3.25. The van der Waals surface area contributed by atoms with Crippen LogP contribution in [0.1, 0.15) is 43.5 Å². The molecule has 0 atom stereocenters. The Morgan fingerprint density at radius 2 is 2.17 bits per heavy atom. The molecule has 0 saturated heterocycles. The van der Waals surface area contributed by atoms with Crippen LogP contribution in [-0.4, -0.2) is 23.9 Å². The maximum absolute atomic E-state index is 6.24. The van der Waals surface area contributed by atoms with Gasteiger partial charge in [-0.1, -0.05) is 16.8 Å². The quantitative estimate of drug-likeness (QED) is 0.857. The lowest BCUT2D eigenvalue weighted by atomic mass is 9.77. The maximum atomic E-state index is 6.24. The monoisotopic (exact) mass is 349 g/mol. The lowest BCUT2D eigenvalue weighted by molar-refractivity contribution is 0.229. The molecule has 1 aliphatic rings. The van der Waals surface area contributed by atoms with E-state index in [0.717, 1.165) is 24.8 Å². The van der Waals surface area contributed by atoms with Gasteiger partial charge in [-0.15, -0.1) is 0 Å². The standard InChI is InChI=1S/C17H20ClN3O3/c1-3-23-13-10-11(9-12(18)15(13)22-2)5-6-14-20-16(21-24-14)17(19)7-4-8-17/h5-6,9-10H,3-4,7-8,19H2,1-2H3/b6-5+. The van der Waals surface area contributed by atoms with Crippen LogP contribution in [0.2, 0.25) is 5.02 Å². The summed E-state index contributed by atoms with van der Waals surface area (Å²) >= 11 is 6.24. The molecular formula is C17H20ClN3O3. The van der Waals surface area contributed by atoms with E-state index in [1.807, 2.05) is 19.1 Å².